The van der Waals surface area contributed by atoms with Gasteiger partial charge in [-0.15, -0.1) is 0 Å². The summed E-state index contributed by atoms with van der Waals surface area (Å²) in [6, 6.07) is 7.76. The quantitative estimate of drug-likeness (QED) is 0.728. The zero-order valence-corrected chi connectivity index (χ0v) is 17.2. The van der Waals surface area contributed by atoms with Crippen molar-refractivity contribution >= 4 is 32.0 Å². The van der Waals surface area contributed by atoms with E-state index in [0.717, 1.165) is 10.0 Å². The molecule has 0 bridgehead atoms. The van der Waals surface area contributed by atoms with Gasteiger partial charge in [0.05, 0.1) is 12.6 Å². The Morgan fingerprint density at radius 3 is 2.28 bits per heavy atom. The van der Waals surface area contributed by atoms with Crippen LogP contribution in [0.3, 0.4) is 0 Å². The van der Waals surface area contributed by atoms with Gasteiger partial charge in [-0.1, -0.05) is 28.1 Å². The van der Waals surface area contributed by atoms with Crippen molar-refractivity contribution in [1.29, 1.82) is 0 Å². The molecule has 9 heteroatoms. The Balaban J connectivity index is 1.81. The van der Waals surface area contributed by atoms with Crippen molar-refractivity contribution in [2.75, 3.05) is 46.8 Å². The van der Waals surface area contributed by atoms with Crippen molar-refractivity contribution < 1.29 is 13.2 Å². The average Bonchev–Trinajstić information content (AvgIpc) is 2.55. The van der Waals surface area contributed by atoms with Gasteiger partial charge in [-0.3, -0.25) is 9.69 Å². The van der Waals surface area contributed by atoms with Gasteiger partial charge in [0.2, 0.25) is 5.91 Å². The lowest BCUT2D eigenvalue weighted by molar-refractivity contribution is -0.123. The Morgan fingerprint density at radius 2 is 1.76 bits per heavy atom. The molecule has 1 fully saturated rings. The van der Waals surface area contributed by atoms with E-state index < -0.39 is 10.2 Å². The molecule has 1 atom stereocenters. The molecule has 1 aromatic carbocycles. The van der Waals surface area contributed by atoms with E-state index in [0.29, 0.717) is 26.2 Å². The maximum absolute atomic E-state index is 12.2. The van der Waals surface area contributed by atoms with Gasteiger partial charge in [0.1, 0.15) is 0 Å². The van der Waals surface area contributed by atoms with Crippen LogP contribution in [0.2, 0.25) is 0 Å². The standard InChI is InChI=1S/C16H25BrN4O3S/c1-13(14-4-6-15(17)7-5-14)18-16(22)12-20-8-10-21(11-9-20)25(23,24)19(2)3/h4-7,13H,8-12H2,1-3H3,(H,18,22). The minimum atomic E-state index is -3.37. The van der Waals surface area contributed by atoms with Crippen molar-refractivity contribution in [3.8, 4) is 0 Å². The molecule has 1 aromatic rings. The van der Waals surface area contributed by atoms with Gasteiger partial charge in [0.15, 0.2) is 0 Å². The molecule has 1 heterocycles. The van der Waals surface area contributed by atoms with Crippen molar-refractivity contribution in [2.45, 2.75) is 13.0 Å². The third-order valence-corrected chi connectivity index (χ3v) is 6.70. The Morgan fingerprint density at radius 1 is 1.20 bits per heavy atom. The topological polar surface area (TPSA) is 73.0 Å². The number of hydrogen-bond donors (Lipinski definition) is 1. The first-order chi connectivity index (χ1) is 11.7. The number of hydrogen-bond acceptors (Lipinski definition) is 4. The summed E-state index contributed by atoms with van der Waals surface area (Å²) in [6.07, 6.45) is 0. The van der Waals surface area contributed by atoms with Crippen LogP contribution >= 0.6 is 15.9 Å². The van der Waals surface area contributed by atoms with Crippen LogP contribution in [0.4, 0.5) is 0 Å². The van der Waals surface area contributed by atoms with Crippen LogP contribution in [0.15, 0.2) is 28.7 Å². The number of benzene rings is 1. The van der Waals surface area contributed by atoms with Gasteiger partial charge in [0, 0.05) is 44.7 Å². The first-order valence-electron chi connectivity index (χ1n) is 8.15. The van der Waals surface area contributed by atoms with Gasteiger partial charge in [-0.05, 0) is 24.6 Å². The number of nitrogens with one attached hydrogen (secondary N) is 1. The van der Waals surface area contributed by atoms with E-state index in [4.69, 9.17) is 0 Å². The fraction of sp³-hybridized carbons (Fsp3) is 0.562. The van der Waals surface area contributed by atoms with Gasteiger partial charge in [-0.25, -0.2) is 0 Å². The molecule has 25 heavy (non-hydrogen) atoms. The zero-order chi connectivity index (χ0) is 18.6. The van der Waals surface area contributed by atoms with Crippen molar-refractivity contribution in [1.82, 2.24) is 18.8 Å². The van der Waals surface area contributed by atoms with Crippen molar-refractivity contribution in [3.05, 3.63) is 34.3 Å². The van der Waals surface area contributed by atoms with Crippen LogP contribution in [-0.2, 0) is 15.0 Å². The number of rotatable bonds is 6. The molecule has 0 aromatic heterocycles. The number of amides is 1. The Labute approximate surface area is 158 Å². The second kappa shape index (κ2) is 8.59. The highest BCUT2D eigenvalue weighted by molar-refractivity contribution is 9.10. The summed E-state index contributed by atoms with van der Waals surface area (Å²) >= 11 is 3.39. The monoisotopic (exact) mass is 432 g/mol. The van der Waals surface area contributed by atoms with Gasteiger partial charge in [-0.2, -0.15) is 17.0 Å². The molecule has 1 unspecified atom stereocenters. The zero-order valence-electron chi connectivity index (χ0n) is 14.8. The summed E-state index contributed by atoms with van der Waals surface area (Å²) in [4.78, 5) is 14.2. The maximum atomic E-state index is 12.2. The first-order valence-corrected chi connectivity index (χ1v) is 10.3. The van der Waals surface area contributed by atoms with E-state index in [1.54, 1.807) is 0 Å². The number of carbonyl (C=O) groups is 1. The molecule has 1 aliphatic heterocycles. The molecule has 0 radical (unpaired) electrons. The molecule has 1 aliphatic rings. The predicted octanol–water partition coefficient (Wildman–Crippen LogP) is 1.05. The van der Waals surface area contributed by atoms with Crippen molar-refractivity contribution in [3.63, 3.8) is 0 Å². The van der Waals surface area contributed by atoms with E-state index in [1.807, 2.05) is 36.1 Å². The molecule has 2 rings (SSSR count). The molecule has 1 N–H and O–H groups in total. The summed E-state index contributed by atoms with van der Waals surface area (Å²) < 4.78 is 27.9. The lowest BCUT2D eigenvalue weighted by atomic mass is 10.1. The first kappa shape index (κ1) is 20.3. The Hall–Kier alpha value is -1.00. The van der Waals surface area contributed by atoms with Crippen LogP contribution in [0.1, 0.15) is 18.5 Å². The summed E-state index contributed by atoms with van der Waals surface area (Å²) in [5, 5.41) is 2.99. The van der Waals surface area contributed by atoms with Gasteiger partial charge >= 0.3 is 0 Å². The summed E-state index contributed by atoms with van der Waals surface area (Å²) in [6.45, 7) is 4.12. The molecule has 0 aliphatic carbocycles. The largest absolute Gasteiger partial charge is 0.348 e. The average molecular weight is 433 g/mol. The minimum Gasteiger partial charge on any atom is -0.348 e. The fourth-order valence-electron chi connectivity index (χ4n) is 2.67. The summed E-state index contributed by atoms with van der Waals surface area (Å²) in [5.74, 6) is -0.0562. The van der Waals surface area contributed by atoms with Gasteiger partial charge in [0.25, 0.3) is 10.2 Å². The Kier molecular flexibility index (Phi) is 6.98. The normalized spacial score (nSPS) is 18.3. The molecule has 7 nitrogen and oxygen atoms in total. The van der Waals surface area contributed by atoms with Crippen LogP contribution < -0.4 is 5.32 Å². The lowest BCUT2D eigenvalue weighted by Gasteiger charge is -2.34. The van der Waals surface area contributed by atoms with E-state index >= 15 is 0 Å². The number of carbonyl (C=O) groups excluding carboxylic acids is 1. The van der Waals surface area contributed by atoms with Crippen LogP contribution in [0.25, 0.3) is 0 Å². The highest BCUT2D eigenvalue weighted by Crippen LogP contribution is 2.16. The molecular formula is C16H25BrN4O3S. The molecule has 1 amide bonds. The van der Waals surface area contributed by atoms with E-state index in [-0.39, 0.29) is 18.5 Å². The van der Waals surface area contributed by atoms with E-state index in [9.17, 15) is 13.2 Å². The summed E-state index contributed by atoms with van der Waals surface area (Å²) in [5.41, 5.74) is 1.04. The predicted molar refractivity (Wildman–Crippen MR) is 101 cm³/mol. The van der Waals surface area contributed by atoms with Crippen LogP contribution in [0.5, 0.6) is 0 Å². The Bertz CT molecular complexity index is 686. The fourth-order valence-corrected chi connectivity index (χ4v) is 4.03. The molecule has 1 saturated heterocycles. The van der Waals surface area contributed by atoms with E-state index in [2.05, 4.69) is 21.2 Å². The maximum Gasteiger partial charge on any atom is 0.281 e. The third kappa shape index (κ3) is 5.49. The molecule has 140 valence electrons. The molecule has 0 saturated carbocycles. The summed E-state index contributed by atoms with van der Waals surface area (Å²) in [7, 11) is -0.322. The van der Waals surface area contributed by atoms with E-state index in [1.165, 1.54) is 22.7 Å². The SMILES string of the molecule is CC(NC(=O)CN1CCN(S(=O)(=O)N(C)C)CC1)c1ccc(Br)cc1. The number of nitrogens with zero attached hydrogens (tertiary/aromatic N) is 3. The smallest absolute Gasteiger partial charge is 0.281 e. The second-order valence-corrected chi connectivity index (χ2v) is 9.36. The highest BCUT2D eigenvalue weighted by atomic mass is 79.9. The number of piperazine rings is 1. The third-order valence-electron chi connectivity index (χ3n) is 4.23. The van der Waals surface area contributed by atoms with Crippen LogP contribution in [-0.4, -0.2) is 74.7 Å². The van der Waals surface area contributed by atoms with Crippen molar-refractivity contribution in [2.24, 2.45) is 0 Å². The van der Waals surface area contributed by atoms with Gasteiger partial charge < -0.3 is 5.32 Å². The number of halogens is 1. The highest BCUT2D eigenvalue weighted by Gasteiger charge is 2.29. The lowest BCUT2D eigenvalue weighted by Crippen LogP contribution is -2.53. The molecular weight excluding hydrogens is 408 g/mol. The molecule has 0 spiro atoms. The van der Waals surface area contributed by atoms with Crippen LogP contribution in [0, 0.1) is 0 Å². The second-order valence-electron chi connectivity index (χ2n) is 6.31. The minimum absolute atomic E-state index is 0.0562.